The van der Waals surface area contributed by atoms with Gasteiger partial charge >= 0.3 is 0 Å². The third-order valence-corrected chi connectivity index (χ3v) is 3.42. The number of carbonyl (C=O) groups is 1. The lowest BCUT2D eigenvalue weighted by molar-refractivity contribution is 0.101. The van der Waals surface area contributed by atoms with Gasteiger partial charge in [-0.25, -0.2) is 4.98 Å². The van der Waals surface area contributed by atoms with Crippen molar-refractivity contribution in [2.24, 2.45) is 0 Å². The van der Waals surface area contributed by atoms with Gasteiger partial charge in [0, 0.05) is 23.7 Å². The highest BCUT2D eigenvalue weighted by Gasteiger charge is 2.16. The van der Waals surface area contributed by atoms with Crippen molar-refractivity contribution in [1.82, 2.24) is 4.98 Å². The van der Waals surface area contributed by atoms with E-state index in [4.69, 9.17) is 4.74 Å². The predicted octanol–water partition coefficient (Wildman–Crippen LogP) is 3.79. The first-order valence-electron chi connectivity index (χ1n) is 6.66. The molecular weight excluding hydrogens is 250 g/mol. The first-order valence-corrected chi connectivity index (χ1v) is 6.66. The van der Waals surface area contributed by atoms with E-state index in [1.807, 2.05) is 51.1 Å². The first kappa shape index (κ1) is 14.3. The van der Waals surface area contributed by atoms with Gasteiger partial charge in [0.2, 0.25) is 0 Å². The number of aryl methyl sites for hydroxylation is 1. The first-order chi connectivity index (χ1) is 9.50. The van der Waals surface area contributed by atoms with Crippen molar-refractivity contribution in [3.05, 3.63) is 58.4 Å². The molecule has 1 heterocycles. The fourth-order valence-electron chi connectivity index (χ4n) is 2.18. The second-order valence-corrected chi connectivity index (χ2v) is 4.96. The van der Waals surface area contributed by atoms with Gasteiger partial charge in [-0.05, 0) is 26.3 Å². The van der Waals surface area contributed by atoms with Crippen LogP contribution in [0.5, 0.6) is 5.75 Å². The molecule has 0 fully saturated rings. The minimum Gasteiger partial charge on any atom is -0.488 e. The summed E-state index contributed by atoms with van der Waals surface area (Å²) in [6.45, 7) is 7.78. The largest absolute Gasteiger partial charge is 0.488 e. The lowest BCUT2D eigenvalue weighted by Crippen LogP contribution is -2.08. The van der Waals surface area contributed by atoms with Crippen LogP contribution in [0.25, 0.3) is 0 Å². The Kier molecular flexibility index (Phi) is 4.18. The molecule has 3 nitrogen and oxygen atoms in total. The van der Waals surface area contributed by atoms with Crippen molar-refractivity contribution in [3.63, 3.8) is 0 Å². The number of ketones is 1. The van der Waals surface area contributed by atoms with Crippen molar-refractivity contribution < 1.29 is 9.53 Å². The third-order valence-electron chi connectivity index (χ3n) is 3.42. The second kappa shape index (κ2) is 5.87. The van der Waals surface area contributed by atoms with E-state index in [0.29, 0.717) is 12.3 Å². The van der Waals surface area contributed by atoms with E-state index >= 15 is 0 Å². The van der Waals surface area contributed by atoms with Gasteiger partial charge < -0.3 is 4.74 Å². The van der Waals surface area contributed by atoms with Crippen molar-refractivity contribution >= 4 is 5.78 Å². The highest BCUT2D eigenvalue weighted by molar-refractivity contribution is 5.94. The Morgan fingerprint density at radius 1 is 1.10 bits per heavy atom. The topological polar surface area (TPSA) is 39.2 Å². The van der Waals surface area contributed by atoms with Gasteiger partial charge in [-0.3, -0.25) is 4.79 Å². The Balaban J connectivity index is 2.33. The number of carbonyl (C=O) groups excluding carboxylic acids is 1. The van der Waals surface area contributed by atoms with Crippen molar-refractivity contribution in [1.29, 1.82) is 0 Å². The number of hydrogen-bond donors (Lipinski definition) is 0. The molecule has 0 saturated carbocycles. The van der Waals surface area contributed by atoms with Gasteiger partial charge in [0.25, 0.3) is 0 Å². The molecular formula is C17H19NO2. The number of nitrogens with zero attached hydrogens (tertiary/aromatic N) is 1. The quantitative estimate of drug-likeness (QED) is 0.793. The Morgan fingerprint density at radius 2 is 1.75 bits per heavy atom. The number of ether oxygens (including phenoxy) is 1. The van der Waals surface area contributed by atoms with Gasteiger partial charge in [-0.2, -0.15) is 0 Å². The van der Waals surface area contributed by atoms with Crippen LogP contribution in [0.3, 0.4) is 0 Å². The molecule has 1 aromatic carbocycles. The standard InChI is InChI=1S/C17H19NO2/c1-11-13(3)18-16(14(4)19)12(2)17(11)20-10-15-8-6-5-7-9-15/h5-9H,10H2,1-4H3. The summed E-state index contributed by atoms with van der Waals surface area (Å²) in [7, 11) is 0. The maximum atomic E-state index is 11.6. The van der Waals surface area contributed by atoms with Gasteiger partial charge in [-0.15, -0.1) is 0 Å². The molecule has 0 aliphatic carbocycles. The van der Waals surface area contributed by atoms with E-state index in [9.17, 15) is 4.79 Å². The molecule has 0 unspecified atom stereocenters. The summed E-state index contributed by atoms with van der Waals surface area (Å²) in [6, 6.07) is 9.98. The van der Waals surface area contributed by atoms with Crippen LogP contribution in [0.1, 0.15) is 39.8 Å². The molecule has 0 spiro atoms. The lowest BCUT2D eigenvalue weighted by atomic mass is 10.1. The average molecular weight is 269 g/mol. The number of Topliss-reactive ketones (excluding diaryl/α,β-unsaturated/α-hetero) is 1. The van der Waals surface area contributed by atoms with Gasteiger partial charge in [0.05, 0.1) is 0 Å². The lowest BCUT2D eigenvalue weighted by Gasteiger charge is -2.16. The zero-order valence-corrected chi connectivity index (χ0v) is 12.4. The van der Waals surface area contributed by atoms with Crippen LogP contribution in [0.2, 0.25) is 0 Å². The summed E-state index contributed by atoms with van der Waals surface area (Å²) in [5.41, 5.74) is 4.24. The van der Waals surface area contributed by atoms with Crippen LogP contribution in [-0.4, -0.2) is 10.8 Å². The number of aromatic nitrogens is 1. The molecule has 3 heteroatoms. The smallest absolute Gasteiger partial charge is 0.178 e. The summed E-state index contributed by atoms with van der Waals surface area (Å²) < 4.78 is 5.93. The van der Waals surface area contributed by atoms with E-state index in [2.05, 4.69) is 4.98 Å². The van der Waals surface area contributed by atoms with Crippen molar-refractivity contribution in [2.45, 2.75) is 34.3 Å². The minimum absolute atomic E-state index is 0.0323. The SMILES string of the molecule is CC(=O)c1nc(C)c(C)c(OCc2ccccc2)c1C. The molecule has 0 aliphatic heterocycles. The Hall–Kier alpha value is -2.16. The maximum absolute atomic E-state index is 11.6. The van der Waals surface area contributed by atoms with Gasteiger partial charge in [0.1, 0.15) is 18.1 Å². The van der Waals surface area contributed by atoms with Crippen LogP contribution in [0.4, 0.5) is 0 Å². The number of benzene rings is 1. The third kappa shape index (κ3) is 2.87. The number of hydrogen-bond acceptors (Lipinski definition) is 3. The Bertz CT molecular complexity index is 633. The average Bonchev–Trinajstić information content (AvgIpc) is 2.43. The fourth-order valence-corrected chi connectivity index (χ4v) is 2.18. The van der Waals surface area contributed by atoms with Crippen LogP contribution in [0, 0.1) is 20.8 Å². The number of rotatable bonds is 4. The molecule has 1 aromatic heterocycles. The summed E-state index contributed by atoms with van der Waals surface area (Å²) in [4.78, 5) is 16.0. The molecule has 0 radical (unpaired) electrons. The Labute approximate surface area is 119 Å². The van der Waals surface area contributed by atoms with Crippen LogP contribution >= 0.6 is 0 Å². The van der Waals surface area contributed by atoms with E-state index < -0.39 is 0 Å². The summed E-state index contributed by atoms with van der Waals surface area (Å²) in [5, 5.41) is 0. The summed E-state index contributed by atoms with van der Waals surface area (Å²) in [6.07, 6.45) is 0. The molecule has 104 valence electrons. The second-order valence-electron chi connectivity index (χ2n) is 4.96. The zero-order chi connectivity index (χ0) is 14.7. The molecule has 0 aliphatic rings. The molecule has 0 bridgehead atoms. The summed E-state index contributed by atoms with van der Waals surface area (Å²) in [5.74, 6) is 0.738. The fraction of sp³-hybridized carbons (Fsp3) is 0.294. The minimum atomic E-state index is -0.0323. The molecule has 20 heavy (non-hydrogen) atoms. The molecule has 0 saturated heterocycles. The Morgan fingerprint density at radius 3 is 2.35 bits per heavy atom. The number of pyridine rings is 1. The van der Waals surface area contributed by atoms with E-state index in [-0.39, 0.29) is 5.78 Å². The molecule has 0 atom stereocenters. The van der Waals surface area contributed by atoms with Crippen LogP contribution in [-0.2, 0) is 6.61 Å². The van der Waals surface area contributed by atoms with Gasteiger partial charge in [-0.1, -0.05) is 30.3 Å². The summed E-state index contributed by atoms with van der Waals surface area (Å²) >= 11 is 0. The zero-order valence-electron chi connectivity index (χ0n) is 12.4. The molecule has 0 N–H and O–H groups in total. The van der Waals surface area contributed by atoms with Crippen molar-refractivity contribution in [2.75, 3.05) is 0 Å². The maximum Gasteiger partial charge on any atom is 0.178 e. The van der Waals surface area contributed by atoms with E-state index in [0.717, 1.165) is 28.1 Å². The van der Waals surface area contributed by atoms with Gasteiger partial charge in [0.15, 0.2) is 5.78 Å². The van der Waals surface area contributed by atoms with Crippen molar-refractivity contribution in [3.8, 4) is 5.75 Å². The predicted molar refractivity (Wildman–Crippen MR) is 79.2 cm³/mol. The monoisotopic (exact) mass is 269 g/mol. The molecule has 0 amide bonds. The van der Waals surface area contributed by atoms with E-state index in [1.54, 1.807) is 0 Å². The molecule has 2 aromatic rings. The highest BCUT2D eigenvalue weighted by atomic mass is 16.5. The molecule has 2 rings (SSSR count). The highest BCUT2D eigenvalue weighted by Crippen LogP contribution is 2.28. The van der Waals surface area contributed by atoms with E-state index in [1.165, 1.54) is 6.92 Å². The van der Waals surface area contributed by atoms with Crippen LogP contribution in [0.15, 0.2) is 30.3 Å². The normalized spacial score (nSPS) is 10.4. The van der Waals surface area contributed by atoms with Crippen LogP contribution < -0.4 is 4.74 Å².